The molecule has 0 radical (unpaired) electrons. The fourth-order valence-electron chi connectivity index (χ4n) is 3.15. The number of rotatable bonds is 5. The van der Waals surface area contributed by atoms with Crippen LogP contribution in [0.5, 0.6) is 0 Å². The molecule has 1 aliphatic rings. The maximum absolute atomic E-state index is 6.21. The highest BCUT2D eigenvalue weighted by atomic mass is 16.5. The van der Waals surface area contributed by atoms with Gasteiger partial charge >= 0.3 is 0 Å². The van der Waals surface area contributed by atoms with E-state index in [2.05, 4.69) is 60.7 Å². The van der Waals surface area contributed by atoms with Gasteiger partial charge in [0.1, 0.15) is 0 Å². The van der Waals surface area contributed by atoms with E-state index in [1.807, 2.05) is 0 Å². The van der Waals surface area contributed by atoms with Crippen LogP contribution < -0.4 is 5.32 Å². The SMILES string of the molecule is CCNC(COC(C)(C)C)C1CC(C)(C)OC1(C)C. The third kappa shape index (κ3) is 5.05. The van der Waals surface area contributed by atoms with Crippen molar-refractivity contribution in [3.05, 3.63) is 0 Å². The summed E-state index contributed by atoms with van der Waals surface area (Å²) < 4.78 is 12.2. The molecule has 0 aromatic heterocycles. The van der Waals surface area contributed by atoms with Crippen molar-refractivity contribution in [3.8, 4) is 0 Å². The molecule has 0 aromatic carbocycles. The van der Waals surface area contributed by atoms with E-state index in [9.17, 15) is 0 Å². The summed E-state index contributed by atoms with van der Waals surface area (Å²) >= 11 is 0. The summed E-state index contributed by atoms with van der Waals surface area (Å²) in [6, 6.07) is 0.348. The molecule has 1 rings (SSSR count). The Labute approximate surface area is 119 Å². The van der Waals surface area contributed by atoms with Gasteiger partial charge in [-0.2, -0.15) is 0 Å². The van der Waals surface area contributed by atoms with E-state index in [4.69, 9.17) is 9.47 Å². The zero-order chi connectivity index (χ0) is 14.9. The standard InChI is InChI=1S/C16H33NO2/c1-9-17-13(11-18-14(2,3)4)12-10-15(5,6)19-16(12,7)8/h12-13,17H,9-11H2,1-8H3. The van der Waals surface area contributed by atoms with E-state index in [0.717, 1.165) is 19.6 Å². The van der Waals surface area contributed by atoms with Gasteiger partial charge in [-0.25, -0.2) is 0 Å². The Balaban J connectivity index is 2.75. The smallest absolute Gasteiger partial charge is 0.0678 e. The molecule has 1 N–H and O–H groups in total. The van der Waals surface area contributed by atoms with Gasteiger partial charge in [0.2, 0.25) is 0 Å². The average Bonchev–Trinajstić information content (AvgIpc) is 2.40. The predicted octanol–water partition coefficient (Wildman–Crippen LogP) is 3.37. The minimum Gasteiger partial charge on any atom is -0.374 e. The average molecular weight is 271 g/mol. The lowest BCUT2D eigenvalue weighted by molar-refractivity contribution is -0.0856. The van der Waals surface area contributed by atoms with E-state index in [0.29, 0.717) is 12.0 Å². The highest BCUT2D eigenvalue weighted by molar-refractivity contribution is 4.99. The maximum Gasteiger partial charge on any atom is 0.0678 e. The van der Waals surface area contributed by atoms with Crippen LogP contribution in [0.1, 0.15) is 61.8 Å². The summed E-state index contributed by atoms with van der Waals surface area (Å²) in [5.74, 6) is 0.477. The molecule has 1 fully saturated rings. The van der Waals surface area contributed by atoms with Crippen LogP contribution in [0.25, 0.3) is 0 Å². The van der Waals surface area contributed by atoms with Crippen LogP contribution in [0.2, 0.25) is 0 Å². The molecular weight excluding hydrogens is 238 g/mol. The van der Waals surface area contributed by atoms with Crippen molar-refractivity contribution in [2.75, 3.05) is 13.2 Å². The maximum atomic E-state index is 6.21. The van der Waals surface area contributed by atoms with Crippen LogP contribution in [0.15, 0.2) is 0 Å². The number of hydrogen-bond donors (Lipinski definition) is 1. The summed E-state index contributed by atoms with van der Waals surface area (Å²) in [5.41, 5.74) is -0.228. The lowest BCUT2D eigenvalue weighted by Gasteiger charge is -2.35. The van der Waals surface area contributed by atoms with E-state index in [-0.39, 0.29) is 16.8 Å². The molecule has 1 saturated heterocycles. The van der Waals surface area contributed by atoms with Crippen LogP contribution in [0.4, 0.5) is 0 Å². The number of likely N-dealkylation sites (N-methyl/N-ethyl adjacent to an activating group) is 1. The fraction of sp³-hybridized carbons (Fsp3) is 1.00. The lowest BCUT2D eigenvalue weighted by atomic mass is 9.81. The highest BCUT2D eigenvalue weighted by Crippen LogP contribution is 2.43. The van der Waals surface area contributed by atoms with E-state index >= 15 is 0 Å². The largest absolute Gasteiger partial charge is 0.374 e. The second-order valence-corrected chi connectivity index (χ2v) is 7.86. The van der Waals surface area contributed by atoms with Crippen molar-refractivity contribution < 1.29 is 9.47 Å². The van der Waals surface area contributed by atoms with Crippen LogP contribution in [0.3, 0.4) is 0 Å². The molecule has 0 bridgehead atoms. The van der Waals surface area contributed by atoms with Crippen LogP contribution in [-0.4, -0.2) is 36.0 Å². The van der Waals surface area contributed by atoms with Gasteiger partial charge in [0, 0.05) is 12.0 Å². The van der Waals surface area contributed by atoms with Gasteiger partial charge in [-0.3, -0.25) is 0 Å². The topological polar surface area (TPSA) is 30.5 Å². The summed E-state index contributed by atoms with van der Waals surface area (Å²) in [6.45, 7) is 18.9. The Morgan fingerprint density at radius 2 is 1.84 bits per heavy atom. The molecule has 19 heavy (non-hydrogen) atoms. The zero-order valence-corrected chi connectivity index (χ0v) is 14.1. The van der Waals surface area contributed by atoms with Crippen molar-refractivity contribution in [3.63, 3.8) is 0 Å². The first-order valence-electron chi connectivity index (χ1n) is 7.54. The molecule has 0 aliphatic carbocycles. The van der Waals surface area contributed by atoms with Crippen LogP contribution in [0, 0.1) is 5.92 Å². The molecule has 114 valence electrons. The molecule has 1 aliphatic heterocycles. The highest BCUT2D eigenvalue weighted by Gasteiger charge is 2.49. The van der Waals surface area contributed by atoms with Gasteiger partial charge in [-0.15, -0.1) is 0 Å². The van der Waals surface area contributed by atoms with Gasteiger partial charge in [0.15, 0.2) is 0 Å². The van der Waals surface area contributed by atoms with Crippen molar-refractivity contribution >= 4 is 0 Å². The monoisotopic (exact) mass is 271 g/mol. The Morgan fingerprint density at radius 3 is 2.21 bits per heavy atom. The Hall–Kier alpha value is -0.120. The number of ether oxygens (including phenoxy) is 2. The lowest BCUT2D eigenvalue weighted by Crippen LogP contribution is -2.48. The molecule has 3 heteroatoms. The van der Waals surface area contributed by atoms with Gasteiger partial charge < -0.3 is 14.8 Å². The quantitative estimate of drug-likeness (QED) is 0.831. The van der Waals surface area contributed by atoms with Crippen molar-refractivity contribution in [2.24, 2.45) is 5.92 Å². The van der Waals surface area contributed by atoms with Crippen LogP contribution in [-0.2, 0) is 9.47 Å². The molecule has 0 amide bonds. The summed E-state index contributed by atoms with van der Waals surface area (Å²) in [6.07, 6.45) is 1.07. The fourth-order valence-corrected chi connectivity index (χ4v) is 3.15. The van der Waals surface area contributed by atoms with Crippen molar-refractivity contribution in [2.45, 2.75) is 84.7 Å². The minimum absolute atomic E-state index is 0.0381. The van der Waals surface area contributed by atoms with E-state index in [1.165, 1.54) is 0 Å². The molecule has 0 aromatic rings. The molecule has 3 nitrogen and oxygen atoms in total. The summed E-state index contributed by atoms with van der Waals surface area (Å²) in [7, 11) is 0. The normalized spacial score (nSPS) is 27.5. The van der Waals surface area contributed by atoms with Gasteiger partial charge in [-0.05, 0) is 61.4 Å². The molecule has 0 saturated carbocycles. The first-order chi connectivity index (χ1) is 8.47. The number of nitrogens with one attached hydrogen (secondary N) is 1. The Kier molecular flexibility index (Phi) is 5.09. The molecule has 2 unspecified atom stereocenters. The first kappa shape index (κ1) is 16.9. The predicted molar refractivity (Wildman–Crippen MR) is 80.5 cm³/mol. The third-order valence-corrected chi connectivity index (χ3v) is 3.79. The third-order valence-electron chi connectivity index (χ3n) is 3.79. The Morgan fingerprint density at radius 1 is 1.26 bits per heavy atom. The Bertz CT molecular complexity index is 292. The van der Waals surface area contributed by atoms with Crippen molar-refractivity contribution in [1.82, 2.24) is 5.32 Å². The minimum atomic E-state index is -0.0996. The molecule has 0 spiro atoms. The molecule has 1 heterocycles. The first-order valence-corrected chi connectivity index (χ1v) is 7.54. The summed E-state index contributed by atoms with van der Waals surface area (Å²) in [4.78, 5) is 0. The van der Waals surface area contributed by atoms with Gasteiger partial charge in [0.05, 0.1) is 23.4 Å². The second kappa shape index (κ2) is 5.71. The summed E-state index contributed by atoms with van der Waals surface area (Å²) in [5, 5.41) is 3.59. The van der Waals surface area contributed by atoms with Crippen molar-refractivity contribution in [1.29, 1.82) is 0 Å². The number of hydrogen-bond acceptors (Lipinski definition) is 3. The molecule has 2 atom stereocenters. The van der Waals surface area contributed by atoms with Crippen LogP contribution >= 0.6 is 0 Å². The molecular formula is C16H33NO2. The van der Waals surface area contributed by atoms with E-state index < -0.39 is 0 Å². The van der Waals surface area contributed by atoms with E-state index in [1.54, 1.807) is 0 Å². The van der Waals surface area contributed by atoms with Gasteiger partial charge in [0.25, 0.3) is 0 Å². The second-order valence-electron chi connectivity index (χ2n) is 7.86. The zero-order valence-electron chi connectivity index (χ0n) is 14.1. The van der Waals surface area contributed by atoms with Gasteiger partial charge in [-0.1, -0.05) is 6.92 Å².